The molecule has 26 heavy (non-hydrogen) atoms. The van der Waals surface area contributed by atoms with Crippen molar-refractivity contribution < 1.29 is 13.6 Å². The van der Waals surface area contributed by atoms with Crippen molar-refractivity contribution >= 4 is 17.2 Å². The van der Waals surface area contributed by atoms with Crippen LogP contribution in [0.3, 0.4) is 0 Å². The highest BCUT2D eigenvalue weighted by Crippen LogP contribution is 2.24. The summed E-state index contributed by atoms with van der Waals surface area (Å²) in [5, 5.41) is 2.93. The summed E-state index contributed by atoms with van der Waals surface area (Å²) in [6.45, 7) is 3.66. The van der Waals surface area contributed by atoms with E-state index in [1.807, 2.05) is 22.4 Å². The van der Waals surface area contributed by atoms with Gasteiger partial charge < -0.3 is 9.32 Å². The Morgan fingerprint density at radius 2 is 1.92 bits per heavy atom. The van der Waals surface area contributed by atoms with Crippen LogP contribution in [0.15, 0.2) is 52.5 Å². The Balaban J connectivity index is 1.32. The van der Waals surface area contributed by atoms with E-state index < -0.39 is 0 Å². The van der Waals surface area contributed by atoms with E-state index in [4.69, 9.17) is 4.42 Å². The fraction of sp³-hybridized carbons (Fsp3) is 0.263. The molecule has 1 saturated heterocycles. The molecule has 4 rings (SSSR count). The SMILES string of the molecule is O=C(c1ccc(F)cc1)N1CCN(Cc2csc(-c3ccco3)n2)CC1. The second kappa shape index (κ2) is 7.39. The lowest BCUT2D eigenvalue weighted by Gasteiger charge is -2.34. The molecule has 0 radical (unpaired) electrons. The van der Waals surface area contributed by atoms with E-state index in [0.29, 0.717) is 18.7 Å². The molecule has 1 amide bonds. The van der Waals surface area contributed by atoms with Gasteiger partial charge in [-0.2, -0.15) is 0 Å². The highest BCUT2D eigenvalue weighted by atomic mass is 32.1. The fourth-order valence-electron chi connectivity index (χ4n) is 3.01. The Labute approximate surface area is 154 Å². The van der Waals surface area contributed by atoms with E-state index in [1.165, 1.54) is 24.3 Å². The number of nitrogens with zero attached hydrogens (tertiary/aromatic N) is 3. The monoisotopic (exact) mass is 371 g/mol. The van der Waals surface area contributed by atoms with E-state index in [9.17, 15) is 9.18 Å². The largest absolute Gasteiger partial charge is 0.462 e. The Hall–Kier alpha value is -2.51. The van der Waals surface area contributed by atoms with E-state index >= 15 is 0 Å². The quantitative estimate of drug-likeness (QED) is 0.704. The zero-order valence-corrected chi connectivity index (χ0v) is 14.9. The van der Waals surface area contributed by atoms with Crippen molar-refractivity contribution in [1.29, 1.82) is 0 Å². The molecule has 1 fully saturated rings. The zero-order chi connectivity index (χ0) is 17.9. The third-order valence-corrected chi connectivity index (χ3v) is 5.33. The van der Waals surface area contributed by atoms with Crippen LogP contribution in [0.1, 0.15) is 16.1 Å². The number of amides is 1. The fourth-order valence-corrected chi connectivity index (χ4v) is 3.78. The van der Waals surface area contributed by atoms with Gasteiger partial charge in [0.15, 0.2) is 10.8 Å². The van der Waals surface area contributed by atoms with Gasteiger partial charge in [0.1, 0.15) is 5.82 Å². The number of thiazole rings is 1. The highest BCUT2D eigenvalue weighted by molar-refractivity contribution is 7.13. The summed E-state index contributed by atoms with van der Waals surface area (Å²) >= 11 is 1.57. The summed E-state index contributed by atoms with van der Waals surface area (Å²) in [6.07, 6.45) is 1.65. The summed E-state index contributed by atoms with van der Waals surface area (Å²) in [7, 11) is 0. The second-order valence-electron chi connectivity index (χ2n) is 6.20. The average Bonchev–Trinajstić information content (AvgIpc) is 3.34. The van der Waals surface area contributed by atoms with Gasteiger partial charge in [-0.05, 0) is 36.4 Å². The number of piperazine rings is 1. The van der Waals surface area contributed by atoms with Gasteiger partial charge in [0.25, 0.3) is 5.91 Å². The molecule has 0 aliphatic carbocycles. The van der Waals surface area contributed by atoms with Crippen molar-refractivity contribution in [2.45, 2.75) is 6.54 Å². The van der Waals surface area contributed by atoms with Gasteiger partial charge in [-0.15, -0.1) is 11.3 Å². The average molecular weight is 371 g/mol. The predicted octanol–water partition coefficient (Wildman–Crippen LogP) is 3.50. The maximum absolute atomic E-state index is 13.0. The van der Waals surface area contributed by atoms with Crippen LogP contribution in [0.25, 0.3) is 10.8 Å². The zero-order valence-electron chi connectivity index (χ0n) is 14.1. The number of hydrogen-bond donors (Lipinski definition) is 0. The standard InChI is InChI=1S/C19H18FN3O2S/c20-15-5-3-14(4-6-15)19(24)23-9-7-22(8-10-23)12-16-13-26-18(21-16)17-2-1-11-25-17/h1-6,11,13H,7-10,12H2. The van der Waals surface area contributed by atoms with Crippen LogP contribution in [-0.4, -0.2) is 46.9 Å². The minimum absolute atomic E-state index is 0.0431. The first-order valence-electron chi connectivity index (χ1n) is 8.44. The number of halogens is 1. The van der Waals surface area contributed by atoms with Gasteiger partial charge in [-0.25, -0.2) is 9.37 Å². The molecule has 5 nitrogen and oxygen atoms in total. The van der Waals surface area contributed by atoms with Crippen molar-refractivity contribution in [3.05, 3.63) is 65.1 Å². The van der Waals surface area contributed by atoms with Crippen LogP contribution in [0.4, 0.5) is 4.39 Å². The van der Waals surface area contributed by atoms with Gasteiger partial charge in [0, 0.05) is 43.7 Å². The van der Waals surface area contributed by atoms with Crippen molar-refractivity contribution in [3.8, 4) is 10.8 Å². The maximum Gasteiger partial charge on any atom is 0.253 e. The third-order valence-electron chi connectivity index (χ3n) is 4.42. The molecule has 3 aromatic rings. The first-order chi connectivity index (χ1) is 12.7. The molecule has 1 aliphatic rings. The topological polar surface area (TPSA) is 49.6 Å². The van der Waals surface area contributed by atoms with Crippen molar-refractivity contribution in [3.63, 3.8) is 0 Å². The predicted molar refractivity (Wildman–Crippen MR) is 97.4 cm³/mol. The Bertz CT molecular complexity index is 869. The number of furan rings is 1. The molecule has 0 bridgehead atoms. The molecule has 0 saturated carbocycles. The molecule has 0 unspecified atom stereocenters. The molecule has 1 aromatic carbocycles. The van der Waals surface area contributed by atoms with Gasteiger partial charge in [-0.1, -0.05) is 0 Å². The number of carbonyl (C=O) groups excluding carboxylic acids is 1. The Morgan fingerprint density at radius 1 is 1.15 bits per heavy atom. The molecule has 0 atom stereocenters. The van der Waals surface area contributed by atoms with E-state index in [-0.39, 0.29) is 11.7 Å². The number of benzene rings is 1. The molecular weight excluding hydrogens is 353 g/mol. The molecule has 3 heterocycles. The summed E-state index contributed by atoms with van der Waals surface area (Å²) in [6, 6.07) is 9.48. The molecule has 7 heteroatoms. The van der Waals surface area contributed by atoms with Crippen LogP contribution in [-0.2, 0) is 6.54 Å². The van der Waals surface area contributed by atoms with Crippen LogP contribution < -0.4 is 0 Å². The Morgan fingerprint density at radius 3 is 2.62 bits per heavy atom. The first-order valence-corrected chi connectivity index (χ1v) is 9.32. The normalized spacial score (nSPS) is 15.3. The smallest absolute Gasteiger partial charge is 0.253 e. The third kappa shape index (κ3) is 3.68. The maximum atomic E-state index is 13.0. The summed E-state index contributed by atoms with van der Waals surface area (Å²) in [5.41, 5.74) is 1.54. The van der Waals surface area contributed by atoms with Crippen molar-refractivity contribution in [2.24, 2.45) is 0 Å². The minimum atomic E-state index is -0.330. The number of carbonyl (C=O) groups is 1. The summed E-state index contributed by atoms with van der Waals surface area (Å²) < 4.78 is 18.4. The van der Waals surface area contributed by atoms with Crippen molar-refractivity contribution in [1.82, 2.24) is 14.8 Å². The van der Waals surface area contributed by atoms with Gasteiger partial charge in [0.2, 0.25) is 0 Å². The lowest BCUT2D eigenvalue weighted by molar-refractivity contribution is 0.0627. The lowest BCUT2D eigenvalue weighted by atomic mass is 10.1. The number of hydrogen-bond acceptors (Lipinski definition) is 5. The minimum Gasteiger partial charge on any atom is -0.462 e. The molecule has 0 spiro atoms. The second-order valence-corrected chi connectivity index (χ2v) is 7.05. The summed E-state index contributed by atoms with van der Waals surface area (Å²) in [4.78, 5) is 21.2. The van der Waals surface area contributed by atoms with Gasteiger partial charge >= 0.3 is 0 Å². The van der Waals surface area contributed by atoms with Crippen molar-refractivity contribution in [2.75, 3.05) is 26.2 Å². The van der Waals surface area contributed by atoms with Gasteiger partial charge in [0.05, 0.1) is 12.0 Å². The molecule has 1 aliphatic heterocycles. The molecule has 2 aromatic heterocycles. The molecular formula is C19H18FN3O2S. The van der Waals surface area contributed by atoms with Crippen LogP contribution in [0.2, 0.25) is 0 Å². The van der Waals surface area contributed by atoms with Crippen LogP contribution in [0, 0.1) is 5.82 Å². The number of aromatic nitrogens is 1. The molecule has 0 N–H and O–H groups in total. The van der Waals surface area contributed by atoms with Crippen LogP contribution in [0.5, 0.6) is 0 Å². The van der Waals surface area contributed by atoms with Gasteiger partial charge in [-0.3, -0.25) is 9.69 Å². The van der Waals surface area contributed by atoms with Crippen LogP contribution >= 0.6 is 11.3 Å². The highest BCUT2D eigenvalue weighted by Gasteiger charge is 2.22. The lowest BCUT2D eigenvalue weighted by Crippen LogP contribution is -2.48. The summed E-state index contributed by atoms with van der Waals surface area (Å²) in [5.74, 6) is 0.415. The van der Waals surface area contributed by atoms with E-state index in [2.05, 4.69) is 9.88 Å². The molecule has 134 valence electrons. The first kappa shape index (κ1) is 16.9. The Kier molecular flexibility index (Phi) is 4.81. The number of rotatable bonds is 4. The van der Waals surface area contributed by atoms with E-state index in [0.717, 1.165) is 36.1 Å². The van der Waals surface area contributed by atoms with E-state index in [1.54, 1.807) is 17.6 Å².